The van der Waals surface area contributed by atoms with Gasteiger partial charge in [0, 0.05) is 35.3 Å². The number of hydrogen-bond donors (Lipinski definition) is 1. The van der Waals surface area contributed by atoms with Gasteiger partial charge in [-0.25, -0.2) is 4.39 Å². The summed E-state index contributed by atoms with van der Waals surface area (Å²) in [6.07, 6.45) is 0.365. The number of thioether (sulfide) groups is 1. The van der Waals surface area contributed by atoms with Gasteiger partial charge >= 0.3 is 0 Å². The van der Waals surface area contributed by atoms with Gasteiger partial charge in [-0.05, 0) is 46.9 Å². The molecule has 4 nitrogen and oxygen atoms in total. The van der Waals surface area contributed by atoms with E-state index in [0.29, 0.717) is 34.3 Å². The minimum Gasteiger partial charge on any atom is -0.354 e. The summed E-state index contributed by atoms with van der Waals surface area (Å²) < 4.78 is 13.2. The van der Waals surface area contributed by atoms with Crippen LogP contribution in [0, 0.1) is 11.7 Å². The van der Waals surface area contributed by atoms with Gasteiger partial charge in [-0.2, -0.15) is 0 Å². The molecule has 0 spiro atoms. The Kier molecular flexibility index (Phi) is 11.3. The molecule has 196 valence electrons. The van der Waals surface area contributed by atoms with E-state index in [9.17, 15) is 14.0 Å². The standard InChI is InChI=1S/C29H31Cl2FN2O2S/c1-20(2)16-33-29(36)27(14-21-6-4-3-5-7-21)34(17-23-10-11-24(30)15-26(23)31)28(35)19-37-18-22-8-12-25(32)13-9-22/h3-13,15,20,27H,14,16-19H2,1-2H3,(H,33,36)/t27-/m1/s1. The third-order valence-electron chi connectivity index (χ3n) is 5.72. The molecule has 3 rings (SSSR count). The number of nitrogens with one attached hydrogen (secondary N) is 1. The predicted molar refractivity (Wildman–Crippen MR) is 151 cm³/mol. The summed E-state index contributed by atoms with van der Waals surface area (Å²) >= 11 is 14.0. The summed E-state index contributed by atoms with van der Waals surface area (Å²) in [6, 6.07) is 20.3. The molecule has 0 saturated heterocycles. The van der Waals surface area contributed by atoms with Crippen LogP contribution in [0.1, 0.15) is 30.5 Å². The van der Waals surface area contributed by atoms with Crippen molar-refractivity contribution in [3.8, 4) is 0 Å². The topological polar surface area (TPSA) is 49.4 Å². The van der Waals surface area contributed by atoms with Gasteiger partial charge in [-0.1, -0.05) is 85.6 Å². The average Bonchev–Trinajstić information content (AvgIpc) is 2.87. The lowest BCUT2D eigenvalue weighted by molar-refractivity contribution is -0.139. The highest BCUT2D eigenvalue weighted by Crippen LogP contribution is 2.25. The first kappa shape index (κ1) is 29.0. The molecule has 1 N–H and O–H groups in total. The maximum Gasteiger partial charge on any atom is 0.243 e. The molecule has 0 radical (unpaired) electrons. The van der Waals surface area contributed by atoms with Gasteiger partial charge in [-0.15, -0.1) is 11.8 Å². The van der Waals surface area contributed by atoms with E-state index in [-0.39, 0.29) is 35.8 Å². The van der Waals surface area contributed by atoms with E-state index in [1.807, 2.05) is 44.2 Å². The number of benzene rings is 3. The van der Waals surface area contributed by atoms with Crippen LogP contribution in [0.25, 0.3) is 0 Å². The van der Waals surface area contributed by atoms with Gasteiger partial charge in [0.2, 0.25) is 11.8 Å². The van der Waals surface area contributed by atoms with Gasteiger partial charge in [-0.3, -0.25) is 9.59 Å². The zero-order chi connectivity index (χ0) is 26.8. The SMILES string of the molecule is CC(C)CNC(=O)[C@@H](Cc1ccccc1)N(Cc1ccc(Cl)cc1Cl)C(=O)CSCc1ccc(F)cc1. The molecule has 0 fully saturated rings. The Morgan fingerprint density at radius 3 is 2.32 bits per heavy atom. The van der Waals surface area contributed by atoms with Crippen molar-refractivity contribution in [1.29, 1.82) is 0 Å². The molecule has 3 aromatic carbocycles. The van der Waals surface area contributed by atoms with Crippen LogP contribution >= 0.6 is 35.0 Å². The van der Waals surface area contributed by atoms with E-state index >= 15 is 0 Å². The Hall–Kier alpha value is -2.54. The zero-order valence-electron chi connectivity index (χ0n) is 20.9. The molecule has 0 bridgehead atoms. The van der Waals surface area contributed by atoms with Crippen LogP contribution in [0.5, 0.6) is 0 Å². The summed E-state index contributed by atoms with van der Waals surface area (Å²) in [5.41, 5.74) is 2.57. The molecule has 0 heterocycles. The fourth-order valence-corrected chi connectivity index (χ4v) is 5.07. The highest BCUT2D eigenvalue weighted by molar-refractivity contribution is 7.99. The minimum absolute atomic E-state index is 0.158. The van der Waals surface area contributed by atoms with Crippen LogP contribution < -0.4 is 5.32 Å². The molecule has 0 aliphatic rings. The third kappa shape index (κ3) is 9.37. The summed E-state index contributed by atoms with van der Waals surface area (Å²) in [5.74, 6) is 0.281. The normalized spacial score (nSPS) is 11.8. The van der Waals surface area contributed by atoms with E-state index in [2.05, 4.69) is 5.32 Å². The maximum atomic E-state index is 13.6. The number of carbonyl (C=O) groups excluding carboxylic acids is 2. The monoisotopic (exact) mass is 560 g/mol. The summed E-state index contributed by atoms with van der Waals surface area (Å²) in [6.45, 7) is 4.72. The molecular formula is C29H31Cl2FN2O2S. The number of hydrogen-bond acceptors (Lipinski definition) is 3. The van der Waals surface area contributed by atoms with E-state index in [4.69, 9.17) is 23.2 Å². The van der Waals surface area contributed by atoms with Gasteiger partial charge < -0.3 is 10.2 Å². The van der Waals surface area contributed by atoms with Crippen molar-refractivity contribution in [3.05, 3.63) is 105 Å². The number of rotatable bonds is 12. The summed E-state index contributed by atoms with van der Waals surface area (Å²) in [5, 5.41) is 3.94. The van der Waals surface area contributed by atoms with E-state index < -0.39 is 6.04 Å². The highest BCUT2D eigenvalue weighted by Gasteiger charge is 2.30. The third-order valence-corrected chi connectivity index (χ3v) is 7.29. The van der Waals surface area contributed by atoms with Crippen molar-refractivity contribution >= 4 is 46.8 Å². The van der Waals surface area contributed by atoms with Crippen molar-refractivity contribution in [2.75, 3.05) is 12.3 Å². The van der Waals surface area contributed by atoms with Crippen molar-refractivity contribution < 1.29 is 14.0 Å². The Labute approximate surface area is 232 Å². The number of carbonyl (C=O) groups is 2. The number of halogens is 3. The lowest BCUT2D eigenvalue weighted by Gasteiger charge is -2.32. The average molecular weight is 562 g/mol. The largest absolute Gasteiger partial charge is 0.354 e. The first-order valence-corrected chi connectivity index (χ1v) is 14.0. The molecule has 0 aliphatic carbocycles. The number of nitrogens with zero attached hydrogens (tertiary/aromatic N) is 1. The molecule has 1 atom stereocenters. The van der Waals surface area contributed by atoms with E-state index in [1.165, 1.54) is 23.9 Å². The van der Waals surface area contributed by atoms with E-state index in [0.717, 1.165) is 11.1 Å². The second kappa shape index (κ2) is 14.4. The fourth-order valence-electron chi connectivity index (χ4n) is 3.73. The molecule has 3 aromatic rings. The molecule has 8 heteroatoms. The first-order valence-electron chi connectivity index (χ1n) is 12.1. The Bertz CT molecular complexity index is 1180. The van der Waals surface area contributed by atoms with Crippen molar-refractivity contribution in [2.24, 2.45) is 5.92 Å². The van der Waals surface area contributed by atoms with Crippen LogP contribution in [0.3, 0.4) is 0 Å². The lowest BCUT2D eigenvalue weighted by Crippen LogP contribution is -2.51. The van der Waals surface area contributed by atoms with E-state index in [1.54, 1.807) is 35.2 Å². The predicted octanol–water partition coefficient (Wildman–Crippen LogP) is 6.78. The molecule has 0 aliphatic heterocycles. The van der Waals surface area contributed by atoms with Crippen molar-refractivity contribution in [2.45, 2.75) is 38.6 Å². The minimum atomic E-state index is -0.730. The Morgan fingerprint density at radius 2 is 1.68 bits per heavy atom. The Balaban J connectivity index is 1.86. The highest BCUT2D eigenvalue weighted by atomic mass is 35.5. The molecule has 37 heavy (non-hydrogen) atoms. The molecule has 0 saturated carbocycles. The molecule has 0 aromatic heterocycles. The van der Waals surface area contributed by atoms with Crippen molar-refractivity contribution in [3.63, 3.8) is 0 Å². The maximum absolute atomic E-state index is 13.6. The Morgan fingerprint density at radius 1 is 0.973 bits per heavy atom. The van der Waals surface area contributed by atoms with Crippen LogP contribution in [0.15, 0.2) is 72.8 Å². The van der Waals surface area contributed by atoms with Gasteiger partial charge in [0.1, 0.15) is 11.9 Å². The zero-order valence-corrected chi connectivity index (χ0v) is 23.3. The first-order chi connectivity index (χ1) is 17.7. The van der Waals surface area contributed by atoms with Crippen LogP contribution in [-0.4, -0.2) is 35.1 Å². The smallest absolute Gasteiger partial charge is 0.243 e. The molecular weight excluding hydrogens is 530 g/mol. The second-order valence-electron chi connectivity index (χ2n) is 9.22. The fraction of sp³-hybridized carbons (Fsp3) is 0.310. The summed E-state index contributed by atoms with van der Waals surface area (Å²) in [4.78, 5) is 28.7. The van der Waals surface area contributed by atoms with Gasteiger partial charge in [0.15, 0.2) is 0 Å². The summed E-state index contributed by atoms with van der Waals surface area (Å²) in [7, 11) is 0. The lowest BCUT2D eigenvalue weighted by atomic mass is 10.0. The molecule has 2 amide bonds. The van der Waals surface area contributed by atoms with Gasteiger partial charge in [0.05, 0.1) is 5.75 Å². The quantitative estimate of drug-likeness (QED) is 0.265. The number of amides is 2. The van der Waals surface area contributed by atoms with Crippen LogP contribution in [0.4, 0.5) is 4.39 Å². The van der Waals surface area contributed by atoms with Crippen molar-refractivity contribution in [1.82, 2.24) is 10.2 Å². The van der Waals surface area contributed by atoms with Gasteiger partial charge in [0.25, 0.3) is 0 Å². The molecule has 0 unspecified atom stereocenters. The van der Waals surface area contributed by atoms with Crippen LogP contribution in [-0.2, 0) is 28.3 Å². The second-order valence-corrected chi connectivity index (χ2v) is 11.1. The van der Waals surface area contributed by atoms with Crippen LogP contribution in [0.2, 0.25) is 10.0 Å².